The molecule has 1 aromatic rings. The molecule has 14 heavy (non-hydrogen) atoms. The predicted octanol–water partition coefficient (Wildman–Crippen LogP) is 2.48. The highest BCUT2D eigenvalue weighted by atomic mass is 32.2. The van der Waals surface area contributed by atoms with Crippen molar-refractivity contribution in [2.24, 2.45) is 5.73 Å². The van der Waals surface area contributed by atoms with E-state index >= 15 is 0 Å². The normalized spacial score (nSPS) is 9.93. The maximum absolute atomic E-state index is 10.7. The van der Waals surface area contributed by atoms with E-state index in [0.717, 1.165) is 33.5 Å². The van der Waals surface area contributed by atoms with Gasteiger partial charge in [-0.25, -0.2) is 0 Å². The van der Waals surface area contributed by atoms with E-state index < -0.39 is 5.24 Å². The molecule has 0 aromatic heterocycles. The molecule has 0 radical (unpaired) electrons. The lowest BCUT2D eigenvalue weighted by Gasteiger charge is -2.09. The lowest BCUT2D eigenvalue weighted by atomic mass is 10.1. The molecule has 0 atom stereocenters. The molecular weight excluding hydrogens is 198 g/mol. The van der Waals surface area contributed by atoms with Crippen molar-refractivity contribution in [3.8, 4) is 5.75 Å². The summed E-state index contributed by atoms with van der Waals surface area (Å²) in [5, 5.41) is -0.391. The summed E-state index contributed by atoms with van der Waals surface area (Å²) in [6, 6.07) is 3.81. The summed E-state index contributed by atoms with van der Waals surface area (Å²) in [6.45, 7) is 3.86. The smallest absolute Gasteiger partial charge is 0.281 e. The molecule has 0 aliphatic heterocycles. The van der Waals surface area contributed by atoms with Crippen LogP contribution < -0.4 is 10.5 Å². The minimum Gasteiger partial charge on any atom is -0.496 e. The van der Waals surface area contributed by atoms with Gasteiger partial charge in [0.2, 0.25) is 0 Å². The Morgan fingerprint density at radius 3 is 2.50 bits per heavy atom. The van der Waals surface area contributed by atoms with Crippen molar-refractivity contribution >= 4 is 17.0 Å². The Morgan fingerprint density at radius 2 is 2.00 bits per heavy atom. The van der Waals surface area contributed by atoms with Crippen LogP contribution in [-0.2, 0) is 0 Å². The number of benzene rings is 1. The number of aryl methyl sites for hydroxylation is 2. The SMILES string of the molecule is COc1cc(C)c(SC(N)=O)cc1C. The van der Waals surface area contributed by atoms with Gasteiger partial charge in [0.25, 0.3) is 5.24 Å². The van der Waals surface area contributed by atoms with Gasteiger partial charge in [-0.05, 0) is 48.9 Å². The first-order valence-corrected chi connectivity index (χ1v) is 4.98. The average molecular weight is 211 g/mol. The van der Waals surface area contributed by atoms with Gasteiger partial charge in [-0.3, -0.25) is 4.79 Å². The van der Waals surface area contributed by atoms with Gasteiger partial charge in [0.15, 0.2) is 0 Å². The quantitative estimate of drug-likeness (QED) is 0.764. The van der Waals surface area contributed by atoms with Crippen LogP contribution in [0.4, 0.5) is 4.79 Å². The standard InChI is InChI=1S/C10H13NO2S/c1-6-5-9(14-10(11)12)7(2)4-8(6)13-3/h4-5H,1-3H3,(H2,11,12). The molecule has 0 unspecified atom stereocenters. The summed E-state index contributed by atoms with van der Waals surface area (Å²) in [7, 11) is 1.63. The van der Waals surface area contributed by atoms with Crippen molar-refractivity contribution in [2.45, 2.75) is 18.7 Å². The number of primary amides is 1. The summed E-state index contributed by atoms with van der Waals surface area (Å²) in [4.78, 5) is 11.6. The molecule has 3 nitrogen and oxygen atoms in total. The number of carbonyl (C=O) groups excluding carboxylic acids is 1. The van der Waals surface area contributed by atoms with Crippen LogP contribution in [-0.4, -0.2) is 12.3 Å². The van der Waals surface area contributed by atoms with E-state index in [2.05, 4.69) is 0 Å². The summed E-state index contributed by atoms with van der Waals surface area (Å²) >= 11 is 1.04. The molecule has 76 valence electrons. The molecule has 1 rings (SSSR count). The fourth-order valence-corrected chi connectivity index (χ4v) is 1.87. The molecule has 0 saturated heterocycles. The fourth-order valence-electron chi connectivity index (χ4n) is 1.20. The minimum absolute atomic E-state index is 0.391. The van der Waals surface area contributed by atoms with Crippen molar-refractivity contribution in [3.63, 3.8) is 0 Å². The Balaban J connectivity index is 3.08. The number of hydrogen-bond acceptors (Lipinski definition) is 3. The number of ether oxygens (including phenoxy) is 1. The molecule has 1 aromatic carbocycles. The van der Waals surface area contributed by atoms with Crippen LogP contribution in [0.2, 0.25) is 0 Å². The zero-order valence-corrected chi connectivity index (χ0v) is 9.27. The third kappa shape index (κ3) is 2.42. The molecule has 0 spiro atoms. The van der Waals surface area contributed by atoms with E-state index in [4.69, 9.17) is 10.5 Å². The highest BCUT2D eigenvalue weighted by Gasteiger charge is 2.07. The average Bonchev–Trinajstić information content (AvgIpc) is 2.10. The van der Waals surface area contributed by atoms with Crippen LogP contribution >= 0.6 is 11.8 Å². The van der Waals surface area contributed by atoms with Gasteiger partial charge in [0.05, 0.1) is 7.11 Å². The van der Waals surface area contributed by atoms with Gasteiger partial charge < -0.3 is 10.5 Å². The van der Waals surface area contributed by atoms with E-state index in [1.165, 1.54) is 0 Å². The zero-order valence-electron chi connectivity index (χ0n) is 8.46. The monoisotopic (exact) mass is 211 g/mol. The first-order chi connectivity index (χ1) is 6.54. The molecular formula is C10H13NO2S. The molecule has 0 aliphatic carbocycles. The van der Waals surface area contributed by atoms with Gasteiger partial charge in [-0.2, -0.15) is 0 Å². The van der Waals surface area contributed by atoms with Crippen LogP contribution in [0.5, 0.6) is 5.75 Å². The number of thioether (sulfide) groups is 1. The Kier molecular flexibility index (Phi) is 3.41. The summed E-state index contributed by atoms with van der Waals surface area (Å²) in [5.41, 5.74) is 7.11. The highest BCUT2D eigenvalue weighted by Crippen LogP contribution is 2.29. The number of nitrogens with two attached hydrogens (primary N) is 1. The van der Waals surface area contributed by atoms with Crippen molar-refractivity contribution in [2.75, 3.05) is 7.11 Å². The van der Waals surface area contributed by atoms with Crippen LogP contribution in [0.1, 0.15) is 11.1 Å². The Hall–Kier alpha value is -1.16. The first kappa shape index (κ1) is 10.9. The fraction of sp³-hybridized carbons (Fsp3) is 0.300. The molecule has 0 fully saturated rings. The van der Waals surface area contributed by atoms with E-state index in [-0.39, 0.29) is 0 Å². The Bertz CT molecular complexity index is 363. The minimum atomic E-state index is -0.391. The lowest BCUT2D eigenvalue weighted by Crippen LogP contribution is -2.02. The third-order valence-corrected chi connectivity index (χ3v) is 2.76. The second-order valence-corrected chi connectivity index (χ2v) is 4.05. The summed E-state index contributed by atoms with van der Waals surface area (Å²) < 4.78 is 5.16. The highest BCUT2D eigenvalue weighted by molar-refractivity contribution is 8.13. The van der Waals surface area contributed by atoms with E-state index in [1.54, 1.807) is 7.11 Å². The third-order valence-electron chi connectivity index (χ3n) is 1.90. The van der Waals surface area contributed by atoms with Gasteiger partial charge >= 0.3 is 0 Å². The van der Waals surface area contributed by atoms with Gasteiger partial charge in [0, 0.05) is 4.90 Å². The summed E-state index contributed by atoms with van der Waals surface area (Å²) in [5.74, 6) is 0.830. The Labute approximate surface area is 87.6 Å². The van der Waals surface area contributed by atoms with E-state index in [9.17, 15) is 4.79 Å². The molecule has 1 amide bonds. The Morgan fingerprint density at radius 1 is 1.36 bits per heavy atom. The zero-order chi connectivity index (χ0) is 10.7. The van der Waals surface area contributed by atoms with Gasteiger partial charge in [-0.15, -0.1) is 0 Å². The van der Waals surface area contributed by atoms with Crippen LogP contribution in [0, 0.1) is 13.8 Å². The number of carbonyl (C=O) groups is 1. The largest absolute Gasteiger partial charge is 0.496 e. The molecule has 4 heteroatoms. The molecule has 2 N–H and O–H groups in total. The maximum Gasteiger partial charge on any atom is 0.281 e. The van der Waals surface area contributed by atoms with Crippen LogP contribution in [0.15, 0.2) is 17.0 Å². The number of rotatable bonds is 2. The molecule has 0 heterocycles. The van der Waals surface area contributed by atoms with Crippen molar-refractivity contribution in [1.82, 2.24) is 0 Å². The number of amides is 1. The van der Waals surface area contributed by atoms with Crippen molar-refractivity contribution in [3.05, 3.63) is 23.3 Å². The lowest BCUT2D eigenvalue weighted by molar-refractivity contribution is 0.267. The number of hydrogen-bond donors (Lipinski definition) is 1. The summed E-state index contributed by atoms with van der Waals surface area (Å²) in [6.07, 6.45) is 0. The van der Waals surface area contributed by atoms with Crippen molar-refractivity contribution in [1.29, 1.82) is 0 Å². The molecule has 0 aliphatic rings. The maximum atomic E-state index is 10.7. The van der Waals surface area contributed by atoms with Crippen LogP contribution in [0.25, 0.3) is 0 Å². The number of methoxy groups -OCH3 is 1. The molecule has 0 saturated carbocycles. The van der Waals surface area contributed by atoms with Gasteiger partial charge in [0.1, 0.15) is 5.75 Å². The predicted molar refractivity (Wildman–Crippen MR) is 57.9 cm³/mol. The second kappa shape index (κ2) is 4.37. The van der Waals surface area contributed by atoms with E-state index in [0.29, 0.717) is 0 Å². The first-order valence-electron chi connectivity index (χ1n) is 4.17. The van der Waals surface area contributed by atoms with Gasteiger partial charge in [-0.1, -0.05) is 0 Å². The molecule has 0 bridgehead atoms. The van der Waals surface area contributed by atoms with Crippen molar-refractivity contribution < 1.29 is 9.53 Å². The van der Waals surface area contributed by atoms with E-state index in [1.807, 2.05) is 26.0 Å². The van der Waals surface area contributed by atoms with Crippen LogP contribution in [0.3, 0.4) is 0 Å². The topological polar surface area (TPSA) is 52.3 Å². The second-order valence-electron chi connectivity index (χ2n) is 3.01.